The van der Waals surface area contributed by atoms with Gasteiger partial charge in [0.05, 0.1) is 12.1 Å². The number of hydrogen-bond acceptors (Lipinski definition) is 8. The average Bonchev–Trinajstić information content (AvgIpc) is 3.23. The summed E-state index contributed by atoms with van der Waals surface area (Å²) < 4.78 is 44.0. The van der Waals surface area contributed by atoms with Crippen molar-refractivity contribution in [2.45, 2.75) is 204 Å². The molecule has 0 aromatic heterocycles. The summed E-state index contributed by atoms with van der Waals surface area (Å²) in [4.78, 5) is 2.19. The minimum absolute atomic E-state index is 0.00297. The fourth-order valence-corrected chi connectivity index (χ4v) is 19.5. The Kier molecular flexibility index (Phi) is 16.4. The first kappa shape index (κ1) is 54.6. The van der Waals surface area contributed by atoms with Gasteiger partial charge in [0.15, 0.2) is 36.2 Å². The zero-order valence-corrected chi connectivity index (χ0v) is 48.7. The van der Waals surface area contributed by atoms with Gasteiger partial charge in [0.25, 0.3) is 8.32 Å². The maximum absolute atomic E-state index is 12.9. The van der Waals surface area contributed by atoms with Crippen molar-refractivity contribution >= 4 is 43.6 Å². The molecule has 12 heteroatoms. The molecule has 8 nitrogen and oxygen atoms in total. The van der Waals surface area contributed by atoms with Gasteiger partial charge in [0.1, 0.15) is 35.9 Å². The molecule has 6 atom stereocenters. The van der Waals surface area contributed by atoms with Crippen LogP contribution < -0.4 is 10.4 Å². The van der Waals surface area contributed by atoms with Crippen molar-refractivity contribution in [1.82, 2.24) is 4.90 Å². The zero-order valence-electron chi connectivity index (χ0n) is 44.7. The molecule has 0 radical (unpaired) electrons. The van der Waals surface area contributed by atoms with Crippen LogP contribution in [-0.2, 0) is 27.2 Å². The SMILES string of the molecule is CC[Si](CC)(CC)OC1(C2=C[C@H](O[Si](C)(C)C(C)(C)C)[C@@H](O[Si](C)(C)C(C)(C)C)[C@H](C)O2)C=CC(O)(C2=C[C@@H](N(C)C)[C@@H](O[Si](c3ccccc3)(c3ccccc3)C(C)(C)C)[C@H](C)O2)C=C1. The Labute approximate surface area is 405 Å². The number of benzene rings is 2. The lowest BCUT2D eigenvalue weighted by molar-refractivity contribution is -0.0725. The monoisotopic (exact) mass is 976 g/mol. The second-order valence-electron chi connectivity index (χ2n) is 23.7. The van der Waals surface area contributed by atoms with Crippen molar-refractivity contribution in [3.05, 3.63) is 109 Å². The number of nitrogens with zero attached hydrogens (tertiary/aromatic N) is 1. The molecule has 0 bridgehead atoms. The van der Waals surface area contributed by atoms with E-state index in [1.54, 1.807) is 0 Å². The minimum atomic E-state index is -2.96. The maximum atomic E-state index is 12.9. The Hall–Kier alpha value is -2.37. The van der Waals surface area contributed by atoms with E-state index in [4.69, 9.17) is 27.2 Å². The highest BCUT2D eigenvalue weighted by Gasteiger charge is 2.56. The second-order valence-corrected chi connectivity index (χ2v) is 42.2. The molecule has 368 valence electrons. The Morgan fingerprint density at radius 2 is 1.03 bits per heavy atom. The predicted molar refractivity (Wildman–Crippen MR) is 286 cm³/mol. The third kappa shape index (κ3) is 10.8. The third-order valence-corrected chi connectivity index (χ3v) is 34.5. The fraction of sp³-hybridized carbons (Fsp3) is 0.630. The zero-order chi connectivity index (χ0) is 49.5. The van der Waals surface area contributed by atoms with Crippen LogP contribution in [0, 0.1) is 0 Å². The number of ether oxygens (including phenoxy) is 2. The number of rotatable bonds is 16. The van der Waals surface area contributed by atoms with Crippen molar-refractivity contribution < 1.29 is 32.3 Å². The quantitative estimate of drug-likeness (QED) is 0.132. The minimum Gasteiger partial charge on any atom is -0.489 e. The van der Waals surface area contributed by atoms with Gasteiger partial charge in [-0.2, -0.15) is 0 Å². The van der Waals surface area contributed by atoms with Crippen LogP contribution in [0.3, 0.4) is 0 Å². The molecule has 1 aliphatic carbocycles. The van der Waals surface area contributed by atoms with Gasteiger partial charge in [-0.25, -0.2) is 0 Å². The third-order valence-electron chi connectivity index (χ3n) is 15.9. The molecule has 5 rings (SSSR count). The Morgan fingerprint density at radius 1 is 0.591 bits per heavy atom. The molecule has 66 heavy (non-hydrogen) atoms. The normalized spacial score (nSPS) is 28.2. The smallest absolute Gasteiger partial charge is 0.261 e. The van der Waals surface area contributed by atoms with E-state index in [2.05, 4.69) is 215 Å². The second kappa shape index (κ2) is 19.8. The first-order valence-corrected chi connectivity index (χ1v) is 35.0. The largest absolute Gasteiger partial charge is 0.489 e. The summed E-state index contributed by atoms with van der Waals surface area (Å²) in [7, 11) is -5.66. The molecular weight excluding hydrogens is 887 g/mol. The molecule has 2 heterocycles. The average molecular weight is 977 g/mol. The molecule has 0 fully saturated rings. The standard InChI is InChI=1S/C54H89NO7Si4/c1-21-65(22-2,23-3)62-54(47-39-45(59-63(17,18)50(6,7)8)49(41(5)58-47)60-64(19,20)51(9,10)11)36-34-53(56,35-37-54)46-38-44(55(15)16)48(40(4)57-46)61-66(52(12,13)14,42-30-26-24-27-31-42)43-32-28-25-29-33-43/h24-41,44-45,48-49,56H,21-23H2,1-20H3/t40-,41-,44+,45-,48-,49-,53?,54?/m0/s1. The highest BCUT2D eigenvalue weighted by molar-refractivity contribution is 6.99. The lowest BCUT2D eigenvalue weighted by Crippen LogP contribution is -2.70. The van der Waals surface area contributed by atoms with E-state index < -0.39 is 50.6 Å². The highest BCUT2D eigenvalue weighted by atomic mass is 28.4. The van der Waals surface area contributed by atoms with Crippen molar-refractivity contribution in [2.75, 3.05) is 14.1 Å². The first-order valence-electron chi connectivity index (χ1n) is 24.8. The molecule has 1 N–H and O–H groups in total. The van der Waals surface area contributed by atoms with Gasteiger partial charge in [-0.3, -0.25) is 0 Å². The summed E-state index contributed by atoms with van der Waals surface area (Å²) in [6, 6.07) is 24.1. The van der Waals surface area contributed by atoms with Gasteiger partial charge in [-0.05, 0) is 134 Å². The van der Waals surface area contributed by atoms with Crippen LogP contribution in [0.1, 0.15) is 96.9 Å². The van der Waals surface area contributed by atoms with E-state index in [0.29, 0.717) is 11.5 Å². The predicted octanol–water partition coefficient (Wildman–Crippen LogP) is 11.9. The molecule has 0 unspecified atom stereocenters. The van der Waals surface area contributed by atoms with Gasteiger partial charge >= 0.3 is 0 Å². The van der Waals surface area contributed by atoms with Crippen LogP contribution in [0.2, 0.25) is 59.4 Å². The Morgan fingerprint density at radius 3 is 1.45 bits per heavy atom. The molecule has 2 aliphatic heterocycles. The van der Waals surface area contributed by atoms with E-state index in [0.717, 1.165) is 18.1 Å². The lowest BCUT2D eigenvalue weighted by atomic mass is 9.84. The molecule has 0 saturated carbocycles. The molecule has 2 aromatic carbocycles. The van der Waals surface area contributed by atoms with Crippen molar-refractivity contribution in [3.8, 4) is 0 Å². The summed E-state index contributed by atoms with van der Waals surface area (Å²) in [5.41, 5.74) is -2.64. The molecule has 0 spiro atoms. The van der Waals surface area contributed by atoms with Crippen LogP contribution in [0.15, 0.2) is 109 Å². The summed E-state index contributed by atoms with van der Waals surface area (Å²) in [6.45, 7) is 40.8. The van der Waals surface area contributed by atoms with E-state index >= 15 is 0 Å². The van der Waals surface area contributed by atoms with E-state index in [9.17, 15) is 5.11 Å². The van der Waals surface area contributed by atoms with E-state index in [-0.39, 0.29) is 45.6 Å². The van der Waals surface area contributed by atoms with E-state index in [1.165, 1.54) is 10.4 Å². The summed E-state index contributed by atoms with van der Waals surface area (Å²) >= 11 is 0. The van der Waals surface area contributed by atoms with Gasteiger partial charge in [0, 0.05) is 0 Å². The molecule has 0 saturated heterocycles. The fourth-order valence-electron chi connectivity index (χ4n) is 9.29. The Bertz CT molecular complexity index is 2000. The van der Waals surface area contributed by atoms with Gasteiger partial charge < -0.3 is 37.2 Å². The van der Waals surface area contributed by atoms with Crippen LogP contribution >= 0.6 is 0 Å². The van der Waals surface area contributed by atoms with Crippen LogP contribution in [0.25, 0.3) is 0 Å². The topological polar surface area (TPSA) is 78.9 Å². The van der Waals surface area contributed by atoms with Crippen molar-refractivity contribution in [3.63, 3.8) is 0 Å². The Balaban J connectivity index is 1.62. The van der Waals surface area contributed by atoms with Crippen LogP contribution in [0.5, 0.6) is 0 Å². The molecule has 2 aromatic rings. The van der Waals surface area contributed by atoms with Crippen LogP contribution in [-0.4, -0.2) is 105 Å². The highest BCUT2D eigenvalue weighted by Crippen LogP contribution is 2.47. The number of aliphatic hydroxyl groups is 1. The maximum Gasteiger partial charge on any atom is 0.261 e. The van der Waals surface area contributed by atoms with Gasteiger partial charge in [-0.15, -0.1) is 0 Å². The van der Waals surface area contributed by atoms with Crippen LogP contribution in [0.4, 0.5) is 0 Å². The molecular formula is C54H89NO7Si4. The first-order chi connectivity index (χ1) is 30.4. The molecule has 0 amide bonds. The number of hydrogen-bond donors (Lipinski definition) is 1. The molecule has 3 aliphatic rings. The lowest BCUT2D eigenvalue weighted by Gasteiger charge is -2.51. The van der Waals surface area contributed by atoms with Crippen molar-refractivity contribution in [1.29, 1.82) is 0 Å². The van der Waals surface area contributed by atoms with Crippen molar-refractivity contribution in [2.24, 2.45) is 0 Å². The summed E-state index contributed by atoms with van der Waals surface area (Å²) in [6.07, 6.45) is 10.3. The summed E-state index contributed by atoms with van der Waals surface area (Å²) in [5.74, 6) is 1.16. The van der Waals surface area contributed by atoms with E-state index in [1.807, 2.05) is 24.3 Å². The van der Waals surface area contributed by atoms with Gasteiger partial charge in [0.2, 0.25) is 0 Å². The van der Waals surface area contributed by atoms with Gasteiger partial charge in [-0.1, -0.05) is 144 Å². The number of likely N-dealkylation sites (N-methyl/N-ethyl adjacent to an activating group) is 1. The summed E-state index contributed by atoms with van der Waals surface area (Å²) in [5, 5.41) is 15.0.